The summed E-state index contributed by atoms with van der Waals surface area (Å²) >= 11 is 0. The van der Waals surface area contributed by atoms with Crippen LogP contribution in [0.25, 0.3) is 16.9 Å². The molecule has 1 aromatic carbocycles. The summed E-state index contributed by atoms with van der Waals surface area (Å²) in [6, 6.07) is 11.2. The Morgan fingerprint density at radius 1 is 1.12 bits per heavy atom. The maximum absolute atomic E-state index is 5.65. The summed E-state index contributed by atoms with van der Waals surface area (Å²) < 4.78 is 7.12. The summed E-state index contributed by atoms with van der Waals surface area (Å²) in [5.41, 5.74) is 8.67. The summed E-state index contributed by atoms with van der Waals surface area (Å²) in [7, 11) is 0. The van der Waals surface area contributed by atoms with Crippen LogP contribution < -0.4 is 15.8 Å². The molecule has 3 aromatic heterocycles. The molecule has 4 aromatic rings. The van der Waals surface area contributed by atoms with E-state index in [0.717, 1.165) is 17.0 Å². The van der Waals surface area contributed by atoms with E-state index in [0.29, 0.717) is 29.7 Å². The molecule has 3 heterocycles. The molecule has 0 spiro atoms. The molecule has 0 aliphatic heterocycles. The van der Waals surface area contributed by atoms with Crippen molar-refractivity contribution in [1.29, 1.82) is 0 Å². The lowest BCUT2D eigenvalue weighted by molar-refractivity contribution is 0.340. The fourth-order valence-electron chi connectivity index (χ4n) is 2.55. The van der Waals surface area contributed by atoms with Gasteiger partial charge in [-0.25, -0.2) is 9.50 Å². The van der Waals surface area contributed by atoms with E-state index in [9.17, 15) is 0 Å². The average Bonchev–Trinajstić information content (AvgIpc) is 3.07. The lowest BCUT2D eigenvalue weighted by Gasteiger charge is -2.04. The number of rotatable bonds is 5. The van der Waals surface area contributed by atoms with E-state index < -0.39 is 0 Å². The van der Waals surface area contributed by atoms with Gasteiger partial charge in [-0.1, -0.05) is 0 Å². The SMILES string of the molecule is CCOc1ccc(Nc2nc3c(-c4ccc(N)nc4)nccn3n2)cc1. The van der Waals surface area contributed by atoms with Crippen molar-refractivity contribution in [2.45, 2.75) is 6.92 Å². The average molecular weight is 347 g/mol. The third-order valence-electron chi connectivity index (χ3n) is 3.74. The summed E-state index contributed by atoms with van der Waals surface area (Å²) in [6.07, 6.45) is 5.10. The van der Waals surface area contributed by atoms with E-state index in [2.05, 4.69) is 25.4 Å². The van der Waals surface area contributed by atoms with Crippen LogP contribution in [0.4, 0.5) is 17.5 Å². The Bertz CT molecular complexity index is 1030. The number of hydrogen-bond acceptors (Lipinski definition) is 7. The molecule has 0 bridgehead atoms. The Balaban J connectivity index is 1.65. The minimum Gasteiger partial charge on any atom is -0.494 e. The van der Waals surface area contributed by atoms with E-state index in [4.69, 9.17) is 10.5 Å². The fourth-order valence-corrected chi connectivity index (χ4v) is 2.55. The molecule has 0 saturated heterocycles. The van der Waals surface area contributed by atoms with Crippen molar-refractivity contribution in [2.75, 3.05) is 17.7 Å². The van der Waals surface area contributed by atoms with E-state index >= 15 is 0 Å². The predicted octanol–water partition coefficient (Wildman–Crippen LogP) is 2.91. The smallest absolute Gasteiger partial charge is 0.247 e. The molecule has 3 N–H and O–H groups in total. The zero-order valence-electron chi connectivity index (χ0n) is 14.1. The van der Waals surface area contributed by atoms with Gasteiger partial charge in [0.2, 0.25) is 5.95 Å². The molecule has 4 rings (SSSR count). The van der Waals surface area contributed by atoms with E-state index in [1.807, 2.05) is 37.3 Å². The molecule has 0 amide bonds. The molecule has 130 valence electrons. The second kappa shape index (κ2) is 6.67. The molecule has 8 nitrogen and oxygen atoms in total. The monoisotopic (exact) mass is 347 g/mol. The molecule has 26 heavy (non-hydrogen) atoms. The van der Waals surface area contributed by atoms with Crippen molar-refractivity contribution in [2.24, 2.45) is 0 Å². The maximum atomic E-state index is 5.65. The van der Waals surface area contributed by atoms with Crippen LogP contribution in [0.2, 0.25) is 0 Å². The van der Waals surface area contributed by atoms with Crippen LogP contribution in [0.3, 0.4) is 0 Å². The number of benzene rings is 1. The van der Waals surface area contributed by atoms with Crippen LogP contribution >= 0.6 is 0 Å². The molecule has 0 radical (unpaired) electrons. The molecule has 0 atom stereocenters. The lowest BCUT2D eigenvalue weighted by atomic mass is 10.2. The third-order valence-corrected chi connectivity index (χ3v) is 3.74. The summed E-state index contributed by atoms with van der Waals surface area (Å²) in [6.45, 7) is 2.59. The van der Waals surface area contributed by atoms with Gasteiger partial charge in [-0.05, 0) is 43.3 Å². The first kappa shape index (κ1) is 15.8. The van der Waals surface area contributed by atoms with Gasteiger partial charge in [0.25, 0.3) is 0 Å². The molecule has 0 unspecified atom stereocenters. The maximum Gasteiger partial charge on any atom is 0.247 e. The Labute approximate surface area is 149 Å². The number of hydrogen-bond donors (Lipinski definition) is 2. The summed E-state index contributed by atoms with van der Waals surface area (Å²) in [5, 5.41) is 7.64. The van der Waals surface area contributed by atoms with Crippen molar-refractivity contribution in [3.63, 3.8) is 0 Å². The van der Waals surface area contributed by atoms with Gasteiger partial charge in [0, 0.05) is 29.8 Å². The first-order valence-corrected chi connectivity index (χ1v) is 8.16. The van der Waals surface area contributed by atoms with Crippen molar-refractivity contribution >= 4 is 23.1 Å². The highest BCUT2D eigenvalue weighted by Crippen LogP contribution is 2.23. The van der Waals surface area contributed by atoms with Crippen molar-refractivity contribution in [1.82, 2.24) is 24.6 Å². The second-order valence-electron chi connectivity index (χ2n) is 5.53. The number of aromatic nitrogens is 5. The largest absolute Gasteiger partial charge is 0.494 e. The molecule has 0 saturated carbocycles. The molecule has 0 aliphatic rings. The Kier molecular flexibility index (Phi) is 4.06. The minimum atomic E-state index is 0.458. The van der Waals surface area contributed by atoms with Gasteiger partial charge in [-0.15, -0.1) is 5.10 Å². The van der Waals surface area contributed by atoms with E-state index in [1.54, 1.807) is 29.2 Å². The normalized spacial score (nSPS) is 10.8. The number of pyridine rings is 1. The molecule has 0 fully saturated rings. The summed E-state index contributed by atoms with van der Waals surface area (Å²) in [5.74, 6) is 1.76. The topological polar surface area (TPSA) is 103 Å². The number of anilines is 3. The Morgan fingerprint density at radius 3 is 2.69 bits per heavy atom. The van der Waals surface area contributed by atoms with Gasteiger partial charge in [0.15, 0.2) is 5.65 Å². The van der Waals surface area contributed by atoms with Crippen molar-refractivity contribution in [3.8, 4) is 17.0 Å². The van der Waals surface area contributed by atoms with Gasteiger partial charge < -0.3 is 15.8 Å². The number of nitrogen functional groups attached to an aromatic ring is 1. The van der Waals surface area contributed by atoms with Gasteiger partial charge >= 0.3 is 0 Å². The number of nitrogens with two attached hydrogens (primary N) is 1. The van der Waals surface area contributed by atoms with Crippen LogP contribution in [-0.2, 0) is 0 Å². The Morgan fingerprint density at radius 2 is 1.96 bits per heavy atom. The summed E-state index contributed by atoms with van der Waals surface area (Å²) in [4.78, 5) is 13.1. The third kappa shape index (κ3) is 3.12. The molecule has 0 aliphatic carbocycles. The number of fused-ring (bicyclic) bond motifs is 1. The lowest BCUT2D eigenvalue weighted by Crippen LogP contribution is -1.95. The number of nitrogens with one attached hydrogen (secondary N) is 1. The molecule has 8 heteroatoms. The molecular weight excluding hydrogens is 330 g/mol. The van der Waals surface area contributed by atoms with Crippen molar-refractivity contribution < 1.29 is 4.74 Å². The van der Waals surface area contributed by atoms with Gasteiger partial charge in [-0.3, -0.25) is 4.98 Å². The highest BCUT2D eigenvalue weighted by molar-refractivity contribution is 5.74. The van der Waals surface area contributed by atoms with Gasteiger partial charge in [0.1, 0.15) is 17.3 Å². The first-order chi connectivity index (χ1) is 12.7. The van der Waals surface area contributed by atoms with Crippen LogP contribution in [0.15, 0.2) is 55.0 Å². The standard InChI is InChI=1S/C18H17N7O/c1-2-26-14-6-4-13(5-7-14)22-18-23-17-16(20-9-10-25(17)24-18)12-3-8-15(19)21-11-12/h3-11H,2H2,1H3,(H2,19,21)(H,22,24). The molecular formula is C18H17N7O. The van der Waals surface area contributed by atoms with Crippen LogP contribution in [0, 0.1) is 0 Å². The van der Waals surface area contributed by atoms with E-state index in [1.165, 1.54) is 0 Å². The van der Waals surface area contributed by atoms with Crippen LogP contribution in [-0.4, -0.2) is 31.2 Å². The highest BCUT2D eigenvalue weighted by atomic mass is 16.5. The number of ether oxygens (including phenoxy) is 1. The predicted molar refractivity (Wildman–Crippen MR) is 99.3 cm³/mol. The second-order valence-corrected chi connectivity index (χ2v) is 5.53. The zero-order valence-corrected chi connectivity index (χ0v) is 14.1. The Hall–Kier alpha value is -3.68. The highest BCUT2D eigenvalue weighted by Gasteiger charge is 2.11. The van der Waals surface area contributed by atoms with Crippen molar-refractivity contribution in [3.05, 3.63) is 55.0 Å². The quantitative estimate of drug-likeness (QED) is 0.572. The van der Waals surface area contributed by atoms with E-state index in [-0.39, 0.29) is 0 Å². The minimum absolute atomic E-state index is 0.458. The van der Waals surface area contributed by atoms with Crippen LogP contribution in [0.5, 0.6) is 5.75 Å². The number of nitrogens with zero attached hydrogens (tertiary/aromatic N) is 5. The zero-order chi connectivity index (χ0) is 17.9. The van der Waals surface area contributed by atoms with Crippen LogP contribution in [0.1, 0.15) is 6.92 Å². The fraction of sp³-hybridized carbons (Fsp3) is 0.111. The van der Waals surface area contributed by atoms with Gasteiger partial charge in [0.05, 0.1) is 6.61 Å². The first-order valence-electron chi connectivity index (χ1n) is 8.16. The van der Waals surface area contributed by atoms with Gasteiger partial charge in [-0.2, -0.15) is 4.98 Å².